The number of aryl methyl sites for hydroxylation is 2. The summed E-state index contributed by atoms with van der Waals surface area (Å²) >= 11 is 0. The standard InChI is InChI=1S/C20H21NO3.C19H19NO3/c1-4-24-19(22)12-11-16-8-6-10-18(14-16)21(3)20(23)17-9-5-7-15(2)13-17;1-3-23-18(21)11-10-15-7-5-9-17(13-15)20-19(22)16-8-4-6-14(2)12-16/h5-14H,4H2,1-3H3;4-13H,3H2,1-2H3,(H,20,22)/b12-11+;11-10+. The highest BCUT2D eigenvalue weighted by atomic mass is 16.5. The molecule has 4 rings (SSSR count). The van der Waals surface area contributed by atoms with Crippen molar-refractivity contribution in [1.82, 2.24) is 0 Å². The molecule has 0 radical (unpaired) electrons. The number of hydrogen-bond donors (Lipinski definition) is 1. The van der Waals surface area contributed by atoms with Gasteiger partial charge in [-0.2, -0.15) is 0 Å². The van der Waals surface area contributed by atoms with E-state index in [-0.39, 0.29) is 23.8 Å². The Labute approximate surface area is 276 Å². The Balaban J connectivity index is 0.000000256. The molecule has 4 aromatic carbocycles. The third-order valence-electron chi connectivity index (χ3n) is 6.65. The third kappa shape index (κ3) is 11.9. The summed E-state index contributed by atoms with van der Waals surface area (Å²) in [6, 6.07) is 29.6. The normalized spacial score (nSPS) is 10.6. The van der Waals surface area contributed by atoms with Gasteiger partial charge < -0.3 is 19.7 Å². The lowest BCUT2D eigenvalue weighted by Gasteiger charge is -2.18. The van der Waals surface area contributed by atoms with Crippen LogP contribution in [0.15, 0.2) is 109 Å². The van der Waals surface area contributed by atoms with Crippen LogP contribution in [0.3, 0.4) is 0 Å². The Bertz CT molecular complexity index is 1760. The van der Waals surface area contributed by atoms with Crippen LogP contribution in [-0.2, 0) is 19.1 Å². The summed E-state index contributed by atoms with van der Waals surface area (Å²) in [4.78, 5) is 49.1. The van der Waals surface area contributed by atoms with Crippen LogP contribution < -0.4 is 10.2 Å². The van der Waals surface area contributed by atoms with E-state index in [0.29, 0.717) is 30.0 Å². The average Bonchev–Trinajstić information content (AvgIpc) is 3.06. The van der Waals surface area contributed by atoms with E-state index in [1.165, 1.54) is 12.2 Å². The van der Waals surface area contributed by atoms with Gasteiger partial charge in [-0.25, -0.2) is 9.59 Å². The molecule has 0 saturated carbocycles. The second-order valence-corrected chi connectivity index (χ2v) is 10.4. The number of nitrogens with one attached hydrogen (secondary N) is 1. The summed E-state index contributed by atoms with van der Waals surface area (Å²) in [5.74, 6) is -1.01. The monoisotopic (exact) mass is 632 g/mol. The molecule has 0 saturated heterocycles. The van der Waals surface area contributed by atoms with Crippen molar-refractivity contribution in [2.24, 2.45) is 0 Å². The molecule has 1 N–H and O–H groups in total. The average molecular weight is 633 g/mol. The number of carbonyl (C=O) groups is 4. The van der Waals surface area contributed by atoms with Crippen LogP contribution in [0.2, 0.25) is 0 Å². The van der Waals surface area contributed by atoms with Crippen molar-refractivity contribution in [2.45, 2.75) is 27.7 Å². The van der Waals surface area contributed by atoms with Gasteiger partial charge in [-0.05, 0) is 99.5 Å². The zero-order valence-electron chi connectivity index (χ0n) is 27.4. The molecule has 0 fully saturated rings. The molecule has 4 aromatic rings. The van der Waals surface area contributed by atoms with Gasteiger partial charge in [-0.15, -0.1) is 0 Å². The molecule has 0 spiro atoms. The molecule has 47 heavy (non-hydrogen) atoms. The van der Waals surface area contributed by atoms with Crippen molar-refractivity contribution in [2.75, 3.05) is 30.5 Å². The van der Waals surface area contributed by atoms with Crippen molar-refractivity contribution in [1.29, 1.82) is 0 Å². The zero-order valence-corrected chi connectivity index (χ0v) is 27.4. The summed E-state index contributed by atoms with van der Waals surface area (Å²) in [7, 11) is 1.73. The number of rotatable bonds is 10. The number of ether oxygens (including phenoxy) is 2. The third-order valence-corrected chi connectivity index (χ3v) is 6.65. The first kappa shape index (κ1) is 35.7. The van der Waals surface area contributed by atoms with Crippen LogP contribution in [0.25, 0.3) is 12.2 Å². The highest BCUT2D eigenvalue weighted by Crippen LogP contribution is 2.19. The van der Waals surface area contributed by atoms with Crippen LogP contribution in [0, 0.1) is 13.8 Å². The van der Waals surface area contributed by atoms with Crippen molar-refractivity contribution in [3.05, 3.63) is 143 Å². The van der Waals surface area contributed by atoms with Crippen molar-refractivity contribution >= 4 is 47.3 Å². The molecule has 242 valence electrons. The number of benzene rings is 4. The summed E-state index contributed by atoms with van der Waals surface area (Å²) in [5.41, 5.74) is 6.38. The van der Waals surface area contributed by atoms with Gasteiger partial charge in [0.2, 0.25) is 0 Å². The molecule has 0 atom stereocenters. The maximum Gasteiger partial charge on any atom is 0.330 e. The van der Waals surface area contributed by atoms with Gasteiger partial charge >= 0.3 is 11.9 Å². The number of carbonyl (C=O) groups excluding carboxylic acids is 4. The summed E-state index contributed by atoms with van der Waals surface area (Å²) < 4.78 is 9.69. The first-order valence-electron chi connectivity index (χ1n) is 15.2. The van der Waals surface area contributed by atoms with E-state index in [0.717, 1.165) is 27.9 Å². The van der Waals surface area contributed by atoms with Gasteiger partial charge in [-0.1, -0.05) is 59.7 Å². The predicted molar refractivity (Wildman–Crippen MR) is 187 cm³/mol. The summed E-state index contributed by atoms with van der Waals surface area (Å²) in [6.45, 7) is 8.10. The van der Waals surface area contributed by atoms with Crippen LogP contribution in [0.4, 0.5) is 11.4 Å². The number of amides is 2. The minimum absolute atomic E-state index is 0.0785. The quantitative estimate of drug-likeness (QED) is 0.142. The Hall–Kier alpha value is -5.76. The largest absolute Gasteiger partial charge is 0.463 e. The topological polar surface area (TPSA) is 102 Å². The lowest BCUT2D eigenvalue weighted by molar-refractivity contribution is -0.138. The van der Waals surface area contributed by atoms with E-state index in [9.17, 15) is 19.2 Å². The van der Waals surface area contributed by atoms with Crippen molar-refractivity contribution < 1.29 is 28.7 Å². The molecule has 0 aliphatic carbocycles. The van der Waals surface area contributed by atoms with E-state index >= 15 is 0 Å². The molecular formula is C39H40N2O6. The lowest BCUT2D eigenvalue weighted by Crippen LogP contribution is -2.26. The van der Waals surface area contributed by atoms with E-state index in [4.69, 9.17) is 9.47 Å². The minimum Gasteiger partial charge on any atom is -0.463 e. The Kier molecular flexibility index (Phi) is 13.9. The van der Waals surface area contributed by atoms with E-state index in [1.54, 1.807) is 62.2 Å². The summed E-state index contributed by atoms with van der Waals surface area (Å²) in [5, 5.41) is 2.85. The van der Waals surface area contributed by atoms with Crippen LogP contribution in [0.1, 0.15) is 56.8 Å². The first-order valence-corrected chi connectivity index (χ1v) is 15.2. The molecule has 8 heteroatoms. The maximum atomic E-state index is 12.6. The van der Waals surface area contributed by atoms with E-state index in [1.807, 2.05) is 86.6 Å². The van der Waals surface area contributed by atoms with Crippen LogP contribution in [-0.4, -0.2) is 44.0 Å². The minimum atomic E-state index is -0.387. The molecule has 0 aromatic heterocycles. The van der Waals surface area contributed by atoms with E-state index in [2.05, 4.69) is 5.32 Å². The highest BCUT2D eigenvalue weighted by molar-refractivity contribution is 6.06. The van der Waals surface area contributed by atoms with Gasteiger partial charge in [0.05, 0.1) is 13.2 Å². The number of anilines is 2. The number of hydrogen-bond acceptors (Lipinski definition) is 6. The fraction of sp³-hybridized carbons (Fsp3) is 0.179. The van der Waals surface area contributed by atoms with Gasteiger partial charge in [0, 0.05) is 41.7 Å². The summed E-state index contributed by atoms with van der Waals surface area (Å²) in [6.07, 6.45) is 6.07. The fourth-order valence-electron chi connectivity index (χ4n) is 4.35. The van der Waals surface area contributed by atoms with Gasteiger partial charge in [0.15, 0.2) is 0 Å². The number of esters is 2. The molecule has 0 aliphatic heterocycles. The Morgan fingerprint density at radius 3 is 1.74 bits per heavy atom. The molecule has 0 heterocycles. The molecule has 0 bridgehead atoms. The molecule has 8 nitrogen and oxygen atoms in total. The molecule has 2 amide bonds. The fourth-order valence-corrected chi connectivity index (χ4v) is 4.35. The Morgan fingerprint density at radius 2 is 1.17 bits per heavy atom. The second kappa shape index (κ2) is 18.3. The molecular weight excluding hydrogens is 592 g/mol. The van der Waals surface area contributed by atoms with Gasteiger partial charge in [-0.3, -0.25) is 9.59 Å². The smallest absolute Gasteiger partial charge is 0.330 e. The van der Waals surface area contributed by atoms with Crippen LogP contribution in [0.5, 0.6) is 0 Å². The van der Waals surface area contributed by atoms with Crippen LogP contribution >= 0.6 is 0 Å². The highest BCUT2D eigenvalue weighted by Gasteiger charge is 2.13. The molecule has 0 aliphatic rings. The number of nitrogens with zero attached hydrogens (tertiary/aromatic N) is 1. The van der Waals surface area contributed by atoms with Crippen molar-refractivity contribution in [3.63, 3.8) is 0 Å². The van der Waals surface area contributed by atoms with Gasteiger partial charge in [0.1, 0.15) is 0 Å². The lowest BCUT2D eigenvalue weighted by atomic mass is 10.1. The SMILES string of the molecule is CCOC(=O)/C=C/c1cccc(N(C)C(=O)c2cccc(C)c2)c1.CCOC(=O)/C=C/c1cccc(NC(=O)c2cccc(C)c2)c1. The Morgan fingerprint density at radius 1 is 0.660 bits per heavy atom. The van der Waals surface area contributed by atoms with Gasteiger partial charge in [0.25, 0.3) is 11.8 Å². The maximum absolute atomic E-state index is 12.6. The predicted octanol–water partition coefficient (Wildman–Crippen LogP) is 7.67. The van der Waals surface area contributed by atoms with Crippen molar-refractivity contribution in [3.8, 4) is 0 Å². The molecule has 0 unspecified atom stereocenters. The van der Waals surface area contributed by atoms with E-state index < -0.39 is 0 Å². The second-order valence-electron chi connectivity index (χ2n) is 10.4. The zero-order chi connectivity index (χ0) is 34.2. The first-order chi connectivity index (χ1) is 22.6.